The number of rotatable bonds is 6. The second-order valence-corrected chi connectivity index (χ2v) is 7.59. The molecule has 0 spiro atoms. The van der Waals surface area contributed by atoms with Gasteiger partial charge in [0.25, 0.3) is 0 Å². The van der Waals surface area contributed by atoms with Crippen LogP contribution in [-0.4, -0.2) is 37.8 Å². The van der Waals surface area contributed by atoms with Gasteiger partial charge >= 0.3 is 0 Å². The highest BCUT2D eigenvalue weighted by atomic mass is 32.1. The van der Waals surface area contributed by atoms with Gasteiger partial charge in [-0.15, -0.1) is 11.3 Å². The van der Waals surface area contributed by atoms with Crippen molar-refractivity contribution in [3.05, 3.63) is 46.2 Å². The van der Waals surface area contributed by atoms with Crippen LogP contribution in [0.5, 0.6) is 11.5 Å². The Morgan fingerprint density at radius 3 is 2.75 bits per heavy atom. The quantitative estimate of drug-likeness (QED) is 0.795. The number of likely N-dealkylation sites (tertiary alicyclic amines) is 1. The monoisotopic (exact) mass is 345 g/mol. The van der Waals surface area contributed by atoms with E-state index >= 15 is 0 Å². The minimum atomic E-state index is 0.249. The smallest absolute Gasteiger partial charge is 0.161 e. The SMILES string of the molecule is COc1ccccc1OC1CN(Cc2ccc(C3CCCO3)s2)C1. The lowest BCUT2D eigenvalue weighted by molar-refractivity contribution is 0.0137. The van der Waals surface area contributed by atoms with Gasteiger partial charge < -0.3 is 14.2 Å². The van der Waals surface area contributed by atoms with Crippen molar-refractivity contribution in [2.75, 3.05) is 26.8 Å². The van der Waals surface area contributed by atoms with Crippen LogP contribution in [0.3, 0.4) is 0 Å². The molecule has 0 radical (unpaired) electrons. The summed E-state index contributed by atoms with van der Waals surface area (Å²) in [6.07, 6.45) is 2.94. The number of thiophene rings is 1. The summed E-state index contributed by atoms with van der Waals surface area (Å²) < 4.78 is 17.2. The van der Waals surface area contributed by atoms with Crippen molar-refractivity contribution in [1.29, 1.82) is 0 Å². The summed E-state index contributed by atoms with van der Waals surface area (Å²) in [5, 5.41) is 0. The normalized spacial score (nSPS) is 21.6. The Labute approximate surface area is 147 Å². The van der Waals surface area contributed by atoms with E-state index in [4.69, 9.17) is 14.2 Å². The highest BCUT2D eigenvalue weighted by Gasteiger charge is 2.29. The van der Waals surface area contributed by atoms with Crippen LogP contribution in [0.2, 0.25) is 0 Å². The maximum Gasteiger partial charge on any atom is 0.161 e. The lowest BCUT2D eigenvalue weighted by Crippen LogP contribution is -2.52. The first-order chi connectivity index (χ1) is 11.8. The molecule has 1 aromatic carbocycles. The molecule has 0 bridgehead atoms. The number of benzene rings is 1. The van der Waals surface area contributed by atoms with Crippen molar-refractivity contribution in [2.45, 2.75) is 31.6 Å². The van der Waals surface area contributed by atoms with Gasteiger partial charge in [0.2, 0.25) is 0 Å². The number of ether oxygens (including phenoxy) is 3. The van der Waals surface area contributed by atoms with Gasteiger partial charge in [0.15, 0.2) is 11.5 Å². The molecule has 1 atom stereocenters. The second-order valence-electron chi connectivity index (χ2n) is 6.39. The summed E-state index contributed by atoms with van der Waals surface area (Å²) in [5.74, 6) is 1.64. The van der Waals surface area contributed by atoms with Gasteiger partial charge in [-0.25, -0.2) is 0 Å². The number of methoxy groups -OCH3 is 1. The van der Waals surface area contributed by atoms with Crippen LogP contribution in [0.25, 0.3) is 0 Å². The summed E-state index contributed by atoms with van der Waals surface area (Å²) in [7, 11) is 1.68. The van der Waals surface area contributed by atoms with Gasteiger partial charge in [0.05, 0.1) is 13.2 Å². The van der Waals surface area contributed by atoms with Crippen LogP contribution in [0.1, 0.15) is 28.7 Å². The van der Waals surface area contributed by atoms with Crippen LogP contribution < -0.4 is 9.47 Å². The highest BCUT2D eigenvalue weighted by molar-refractivity contribution is 7.12. The molecule has 4 rings (SSSR count). The van der Waals surface area contributed by atoms with Crippen molar-refractivity contribution >= 4 is 11.3 Å². The molecular formula is C19H23NO3S. The summed E-state index contributed by atoms with van der Waals surface area (Å²) in [5.41, 5.74) is 0. The lowest BCUT2D eigenvalue weighted by Gasteiger charge is -2.38. The summed E-state index contributed by atoms with van der Waals surface area (Å²) in [4.78, 5) is 5.21. The first kappa shape index (κ1) is 15.9. The minimum absolute atomic E-state index is 0.249. The van der Waals surface area contributed by atoms with E-state index < -0.39 is 0 Å². The molecule has 128 valence electrons. The van der Waals surface area contributed by atoms with E-state index in [1.54, 1.807) is 7.11 Å². The molecule has 0 amide bonds. The fourth-order valence-electron chi connectivity index (χ4n) is 3.30. The van der Waals surface area contributed by atoms with Gasteiger partial charge in [-0.2, -0.15) is 0 Å². The van der Waals surface area contributed by atoms with Crippen LogP contribution >= 0.6 is 11.3 Å². The topological polar surface area (TPSA) is 30.9 Å². The Balaban J connectivity index is 1.27. The fourth-order valence-corrected chi connectivity index (χ4v) is 4.44. The third-order valence-electron chi connectivity index (χ3n) is 4.60. The van der Waals surface area contributed by atoms with E-state index in [9.17, 15) is 0 Å². The average Bonchev–Trinajstić information content (AvgIpc) is 3.24. The molecule has 2 aliphatic heterocycles. The van der Waals surface area contributed by atoms with Crippen molar-refractivity contribution in [3.8, 4) is 11.5 Å². The van der Waals surface area contributed by atoms with E-state index in [0.29, 0.717) is 6.10 Å². The number of hydrogen-bond acceptors (Lipinski definition) is 5. The number of hydrogen-bond donors (Lipinski definition) is 0. The fraction of sp³-hybridized carbons (Fsp3) is 0.474. The van der Waals surface area contributed by atoms with Gasteiger partial charge in [-0.1, -0.05) is 12.1 Å². The Morgan fingerprint density at radius 2 is 2.00 bits per heavy atom. The zero-order valence-electron chi connectivity index (χ0n) is 13.9. The van der Waals surface area contributed by atoms with E-state index in [1.807, 2.05) is 35.6 Å². The van der Waals surface area contributed by atoms with Crippen LogP contribution in [0, 0.1) is 0 Å². The lowest BCUT2D eigenvalue weighted by atomic mass is 10.1. The van der Waals surface area contributed by atoms with Gasteiger partial charge in [0.1, 0.15) is 6.10 Å². The van der Waals surface area contributed by atoms with E-state index in [-0.39, 0.29) is 6.10 Å². The highest BCUT2D eigenvalue weighted by Crippen LogP contribution is 2.34. The number of para-hydroxylation sites is 2. The second kappa shape index (κ2) is 7.13. The molecule has 0 saturated carbocycles. The third-order valence-corrected chi connectivity index (χ3v) is 5.76. The zero-order chi connectivity index (χ0) is 16.4. The van der Waals surface area contributed by atoms with Crippen LogP contribution in [0.4, 0.5) is 0 Å². The van der Waals surface area contributed by atoms with Crippen molar-refractivity contribution in [1.82, 2.24) is 4.90 Å². The maximum atomic E-state index is 6.04. The largest absolute Gasteiger partial charge is 0.493 e. The molecule has 2 saturated heterocycles. The average molecular weight is 345 g/mol. The number of nitrogens with zero attached hydrogens (tertiary/aromatic N) is 1. The molecule has 24 heavy (non-hydrogen) atoms. The Bertz CT molecular complexity index is 675. The molecule has 3 heterocycles. The molecule has 0 N–H and O–H groups in total. The zero-order valence-corrected chi connectivity index (χ0v) is 14.8. The van der Waals surface area contributed by atoms with Crippen LogP contribution in [-0.2, 0) is 11.3 Å². The van der Waals surface area contributed by atoms with Crippen LogP contribution in [0.15, 0.2) is 36.4 Å². The Kier molecular flexibility index (Phi) is 4.74. The molecule has 0 aliphatic carbocycles. The maximum absolute atomic E-state index is 6.04. The molecule has 1 unspecified atom stereocenters. The van der Waals surface area contributed by atoms with E-state index in [1.165, 1.54) is 22.6 Å². The predicted octanol–water partition coefficient (Wildman–Crippen LogP) is 3.87. The van der Waals surface area contributed by atoms with Crippen molar-refractivity contribution in [2.24, 2.45) is 0 Å². The van der Waals surface area contributed by atoms with Crippen molar-refractivity contribution < 1.29 is 14.2 Å². The molecule has 5 heteroatoms. The van der Waals surface area contributed by atoms with Gasteiger partial charge in [0, 0.05) is 36.0 Å². The molecular weight excluding hydrogens is 322 g/mol. The third kappa shape index (κ3) is 3.43. The predicted molar refractivity (Wildman–Crippen MR) is 94.9 cm³/mol. The van der Waals surface area contributed by atoms with E-state index in [0.717, 1.165) is 37.7 Å². The molecule has 2 fully saturated rings. The molecule has 2 aromatic rings. The molecule has 1 aromatic heterocycles. The first-order valence-corrected chi connectivity index (χ1v) is 9.36. The van der Waals surface area contributed by atoms with Gasteiger partial charge in [-0.3, -0.25) is 4.90 Å². The Hall–Kier alpha value is -1.56. The summed E-state index contributed by atoms with van der Waals surface area (Å²) in [6.45, 7) is 3.84. The van der Waals surface area contributed by atoms with Crippen molar-refractivity contribution in [3.63, 3.8) is 0 Å². The van der Waals surface area contributed by atoms with E-state index in [2.05, 4.69) is 17.0 Å². The van der Waals surface area contributed by atoms with Gasteiger partial charge in [-0.05, 0) is 37.1 Å². The first-order valence-electron chi connectivity index (χ1n) is 8.54. The molecule has 4 nitrogen and oxygen atoms in total. The Morgan fingerprint density at radius 1 is 1.17 bits per heavy atom. The minimum Gasteiger partial charge on any atom is -0.493 e. The molecule has 2 aliphatic rings. The summed E-state index contributed by atoms with van der Waals surface area (Å²) in [6, 6.07) is 12.3. The summed E-state index contributed by atoms with van der Waals surface area (Å²) >= 11 is 1.89. The standard InChI is InChI=1S/C19H23NO3S/c1-21-16-5-2-3-6-17(16)23-14-11-20(12-14)13-15-8-9-19(24-15)18-7-4-10-22-18/h2-3,5-6,8-9,14,18H,4,7,10-13H2,1H3.